The second-order valence-corrected chi connectivity index (χ2v) is 8.37. The molecule has 0 unspecified atom stereocenters. The third-order valence-corrected chi connectivity index (χ3v) is 6.11. The van der Waals surface area contributed by atoms with Crippen molar-refractivity contribution in [2.75, 3.05) is 33.2 Å². The fraction of sp³-hybridized carbons (Fsp3) is 0.393. The third-order valence-electron chi connectivity index (χ3n) is 6.11. The summed E-state index contributed by atoms with van der Waals surface area (Å²) in [6.45, 7) is 10.1. The number of hydrogen-bond donors (Lipinski definition) is 2. The van der Waals surface area contributed by atoms with Gasteiger partial charge < -0.3 is 15.3 Å². The molecule has 0 atom stereocenters. The van der Waals surface area contributed by atoms with Crippen molar-refractivity contribution >= 4 is 23.3 Å². The first-order chi connectivity index (χ1) is 16.6. The first-order valence-electron chi connectivity index (χ1n) is 12.2. The van der Waals surface area contributed by atoms with Crippen molar-refractivity contribution in [1.29, 1.82) is 0 Å². The lowest BCUT2D eigenvalue weighted by molar-refractivity contribution is 0.352. The zero-order chi connectivity index (χ0) is 24.3. The maximum absolute atomic E-state index is 11.0. The van der Waals surface area contributed by atoms with Crippen molar-refractivity contribution in [2.45, 2.75) is 40.0 Å². The smallest absolute Gasteiger partial charge is 0.131 e. The van der Waals surface area contributed by atoms with Crippen molar-refractivity contribution in [1.82, 2.24) is 10.2 Å². The molecule has 0 aliphatic carbocycles. The minimum Gasteiger partial charge on any atom is -0.507 e. The number of piperazine rings is 1. The van der Waals surface area contributed by atoms with E-state index in [9.17, 15) is 5.11 Å². The second-order valence-electron chi connectivity index (χ2n) is 8.37. The Kier molecular flexibility index (Phi) is 9.59. The van der Waals surface area contributed by atoms with Gasteiger partial charge in [0.25, 0.3) is 0 Å². The summed E-state index contributed by atoms with van der Waals surface area (Å²) >= 11 is 0. The van der Waals surface area contributed by atoms with Crippen molar-refractivity contribution in [3.63, 3.8) is 0 Å². The van der Waals surface area contributed by atoms with Crippen LogP contribution in [0.25, 0.3) is 5.57 Å². The van der Waals surface area contributed by atoms with Gasteiger partial charge in [0.2, 0.25) is 0 Å². The number of rotatable bonds is 7. The van der Waals surface area contributed by atoms with Crippen molar-refractivity contribution in [3.05, 3.63) is 70.9 Å². The van der Waals surface area contributed by atoms with Crippen molar-refractivity contribution in [3.8, 4) is 5.75 Å². The zero-order valence-electron chi connectivity index (χ0n) is 20.9. The fourth-order valence-corrected chi connectivity index (χ4v) is 4.15. The van der Waals surface area contributed by atoms with E-state index in [1.165, 1.54) is 5.57 Å². The molecule has 0 amide bonds. The van der Waals surface area contributed by atoms with E-state index in [1.54, 1.807) is 13.1 Å². The van der Waals surface area contributed by atoms with Crippen LogP contribution in [0.4, 0.5) is 0 Å². The van der Waals surface area contributed by atoms with Gasteiger partial charge in [-0.05, 0) is 49.1 Å². The maximum atomic E-state index is 11.0. The van der Waals surface area contributed by atoms with Crippen molar-refractivity contribution in [2.24, 2.45) is 15.2 Å². The van der Waals surface area contributed by atoms with Gasteiger partial charge in [0, 0.05) is 57.0 Å². The monoisotopic (exact) mass is 459 g/mol. The third kappa shape index (κ3) is 6.41. The van der Waals surface area contributed by atoms with Crippen LogP contribution >= 0.6 is 0 Å². The molecule has 2 N–H and O–H groups in total. The Morgan fingerprint density at radius 2 is 1.97 bits per heavy atom. The summed E-state index contributed by atoms with van der Waals surface area (Å²) in [5.74, 6) is 1.20. The van der Waals surface area contributed by atoms with Gasteiger partial charge in [-0.2, -0.15) is 0 Å². The second kappa shape index (κ2) is 12.8. The molecule has 0 aromatic heterocycles. The Balaban J connectivity index is 1.99. The molecule has 6 heteroatoms. The number of phenols is 1. The standard InChI is InChI=1S/C28H37N5O/c1-5-8-9-10-22(7-3)25(20-29-4)23-11-12-24(27(34)19-23)26-17-21(6-2)18-28(32-31-26)33-15-13-30-14-16-33/h5,8-12,17,19-20,30,34H,6-7,13-16,18H2,1-4H3/b8-5-,10-9-,25-22-,29-20?. The van der Waals surface area contributed by atoms with E-state index in [4.69, 9.17) is 0 Å². The maximum Gasteiger partial charge on any atom is 0.131 e. The number of amidine groups is 1. The minimum absolute atomic E-state index is 0.193. The number of nitrogens with zero attached hydrogens (tertiary/aromatic N) is 4. The molecule has 2 aliphatic heterocycles. The highest BCUT2D eigenvalue weighted by molar-refractivity contribution is 6.14. The quantitative estimate of drug-likeness (QED) is 0.438. The highest BCUT2D eigenvalue weighted by atomic mass is 16.3. The number of allylic oxidation sites excluding steroid dienone is 7. The number of nitrogens with one attached hydrogen (secondary N) is 1. The van der Waals surface area contributed by atoms with E-state index >= 15 is 0 Å². The van der Waals surface area contributed by atoms with Crippen LogP contribution in [0.5, 0.6) is 5.75 Å². The summed E-state index contributed by atoms with van der Waals surface area (Å²) in [6, 6.07) is 5.77. The lowest BCUT2D eigenvalue weighted by atomic mass is 9.95. The Hall–Kier alpha value is -3.25. The number of phenolic OH excluding ortho intramolecular Hbond substituents is 1. The van der Waals surface area contributed by atoms with Crippen LogP contribution in [0, 0.1) is 0 Å². The highest BCUT2D eigenvalue weighted by Gasteiger charge is 2.19. The fourth-order valence-electron chi connectivity index (χ4n) is 4.15. The number of aromatic hydroxyl groups is 1. The molecule has 0 bridgehead atoms. The van der Waals surface area contributed by atoms with Crippen LogP contribution in [-0.2, 0) is 0 Å². The molecule has 1 aromatic carbocycles. The number of hydrogen-bond acceptors (Lipinski definition) is 6. The van der Waals surface area contributed by atoms with E-state index in [1.807, 2.05) is 43.5 Å². The van der Waals surface area contributed by atoms with Crippen molar-refractivity contribution < 1.29 is 5.11 Å². The molecular formula is C28H37N5O. The highest BCUT2D eigenvalue weighted by Crippen LogP contribution is 2.28. The Bertz CT molecular complexity index is 1070. The van der Waals surface area contributed by atoms with E-state index in [0.717, 1.165) is 68.0 Å². The summed E-state index contributed by atoms with van der Waals surface area (Å²) in [7, 11) is 1.77. The number of benzene rings is 1. The molecule has 2 aliphatic rings. The summed E-state index contributed by atoms with van der Waals surface area (Å²) in [6.07, 6.45) is 14.6. The summed E-state index contributed by atoms with van der Waals surface area (Å²) in [4.78, 5) is 6.57. The largest absolute Gasteiger partial charge is 0.507 e. The number of aliphatic imine (C=N–C) groups is 1. The molecule has 2 heterocycles. The minimum atomic E-state index is 0.193. The Morgan fingerprint density at radius 1 is 1.18 bits per heavy atom. The van der Waals surface area contributed by atoms with E-state index in [0.29, 0.717) is 11.3 Å². The van der Waals surface area contributed by atoms with Crippen LogP contribution in [0.15, 0.2) is 74.9 Å². The SMILES string of the molecule is C\C=C/C=C\C(CC)=C(\C=NC)c1ccc(C2=NN=C(N3CCNCC3)CC(CC)=C2)c(O)c1. The molecule has 1 saturated heterocycles. The predicted octanol–water partition coefficient (Wildman–Crippen LogP) is 5.14. The zero-order valence-corrected chi connectivity index (χ0v) is 20.9. The lowest BCUT2D eigenvalue weighted by Crippen LogP contribution is -2.46. The molecule has 0 saturated carbocycles. The summed E-state index contributed by atoms with van der Waals surface area (Å²) in [5, 5.41) is 23.6. The summed E-state index contributed by atoms with van der Waals surface area (Å²) in [5.41, 5.74) is 5.73. The molecule has 6 nitrogen and oxygen atoms in total. The van der Waals surface area contributed by atoms with E-state index < -0.39 is 0 Å². The van der Waals surface area contributed by atoms with E-state index in [2.05, 4.69) is 51.4 Å². The average Bonchev–Trinajstić information content (AvgIpc) is 3.09. The Morgan fingerprint density at radius 3 is 2.62 bits per heavy atom. The van der Waals surface area contributed by atoms with Crippen LogP contribution in [0.3, 0.4) is 0 Å². The molecule has 0 radical (unpaired) electrons. The molecule has 0 spiro atoms. The average molecular weight is 460 g/mol. The predicted molar refractivity (Wildman–Crippen MR) is 145 cm³/mol. The first kappa shape index (κ1) is 25.4. The van der Waals surface area contributed by atoms with Crippen LogP contribution in [-0.4, -0.2) is 61.0 Å². The first-order valence-corrected chi connectivity index (χ1v) is 12.2. The van der Waals surface area contributed by atoms with Gasteiger partial charge in [0.15, 0.2) is 0 Å². The van der Waals surface area contributed by atoms with Gasteiger partial charge in [-0.25, -0.2) is 0 Å². The molecule has 1 aromatic rings. The Labute approximate surface area is 203 Å². The van der Waals surface area contributed by atoms with Crippen LogP contribution < -0.4 is 5.32 Å². The van der Waals surface area contributed by atoms with Gasteiger partial charge in [0.05, 0.1) is 5.71 Å². The van der Waals surface area contributed by atoms with Gasteiger partial charge in [-0.3, -0.25) is 4.99 Å². The topological polar surface area (TPSA) is 72.6 Å². The van der Waals surface area contributed by atoms with Crippen LogP contribution in [0.1, 0.15) is 51.2 Å². The van der Waals surface area contributed by atoms with Gasteiger partial charge in [0.1, 0.15) is 11.6 Å². The van der Waals surface area contributed by atoms with Gasteiger partial charge >= 0.3 is 0 Å². The molecular weight excluding hydrogens is 422 g/mol. The van der Waals surface area contributed by atoms with Gasteiger partial charge in [-0.1, -0.05) is 49.8 Å². The molecule has 1 fully saturated rings. The summed E-state index contributed by atoms with van der Waals surface area (Å²) < 4.78 is 0. The lowest BCUT2D eigenvalue weighted by Gasteiger charge is -2.29. The normalized spacial score (nSPS) is 18.2. The van der Waals surface area contributed by atoms with Gasteiger partial charge in [-0.15, -0.1) is 10.2 Å². The van der Waals surface area contributed by atoms with Crippen LogP contribution in [0.2, 0.25) is 0 Å². The van der Waals surface area contributed by atoms with E-state index in [-0.39, 0.29) is 5.75 Å². The molecule has 3 rings (SSSR count). The molecule has 34 heavy (non-hydrogen) atoms. The molecule has 180 valence electrons.